The zero-order chi connectivity index (χ0) is 16.6. The van der Waals surface area contributed by atoms with Gasteiger partial charge in [0.15, 0.2) is 0 Å². The SMILES string of the molecule is Cn1c(N2CCC[C@@H](NC(=O)O)C2)nc2cc([N+](=O)[O-])ccc21. The van der Waals surface area contributed by atoms with E-state index < -0.39 is 11.0 Å². The number of rotatable bonds is 3. The molecule has 0 spiro atoms. The number of hydrogen-bond acceptors (Lipinski definition) is 5. The highest BCUT2D eigenvalue weighted by molar-refractivity contribution is 5.81. The monoisotopic (exact) mass is 319 g/mol. The van der Waals surface area contributed by atoms with E-state index in [1.807, 2.05) is 16.5 Å². The van der Waals surface area contributed by atoms with E-state index in [0.29, 0.717) is 18.0 Å². The molecule has 23 heavy (non-hydrogen) atoms. The molecule has 2 heterocycles. The molecule has 0 saturated carbocycles. The average Bonchev–Trinajstić information content (AvgIpc) is 2.83. The molecule has 2 N–H and O–H groups in total. The largest absolute Gasteiger partial charge is 0.465 e. The minimum atomic E-state index is -1.03. The summed E-state index contributed by atoms with van der Waals surface area (Å²) >= 11 is 0. The van der Waals surface area contributed by atoms with Crippen LogP contribution < -0.4 is 10.2 Å². The van der Waals surface area contributed by atoms with Gasteiger partial charge in [0.2, 0.25) is 5.95 Å². The molecular formula is C14H17N5O4. The van der Waals surface area contributed by atoms with Crippen molar-refractivity contribution >= 4 is 28.8 Å². The molecule has 0 radical (unpaired) electrons. The number of non-ortho nitro benzene ring substituents is 1. The third kappa shape index (κ3) is 2.89. The zero-order valence-electron chi connectivity index (χ0n) is 12.6. The van der Waals surface area contributed by atoms with Gasteiger partial charge in [-0.15, -0.1) is 0 Å². The Morgan fingerprint density at radius 3 is 3.00 bits per heavy atom. The predicted octanol–water partition coefficient (Wildman–Crippen LogP) is 1.72. The molecule has 1 atom stereocenters. The van der Waals surface area contributed by atoms with Crippen LogP contribution >= 0.6 is 0 Å². The number of nitrogens with one attached hydrogen (secondary N) is 1. The molecular weight excluding hydrogens is 302 g/mol. The van der Waals surface area contributed by atoms with Crippen molar-refractivity contribution in [2.75, 3.05) is 18.0 Å². The molecule has 9 nitrogen and oxygen atoms in total. The first kappa shape index (κ1) is 15.1. The molecule has 0 unspecified atom stereocenters. The molecule has 0 bridgehead atoms. The van der Waals surface area contributed by atoms with Gasteiger partial charge in [0.25, 0.3) is 5.69 Å². The maximum absolute atomic E-state index is 10.9. The molecule has 0 aliphatic carbocycles. The van der Waals surface area contributed by atoms with E-state index in [9.17, 15) is 14.9 Å². The quantitative estimate of drug-likeness (QED) is 0.657. The van der Waals surface area contributed by atoms with Crippen LogP contribution in [0.25, 0.3) is 11.0 Å². The first-order valence-electron chi connectivity index (χ1n) is 7.31. The third-order valence-corrected chi connectivity index (χ3v) is 4.08. The lowest BCUT2D eigenvalue weighted by atomic mass is 10.1. The number of piperidine rings is 1. The fraction of sp³-hybridized carbons (Fsp3) is 0.429. The number of anilines is 1. The van der Waals surface area contributed by atoms with Gasteiger partial charge in [0, 0.05) is 38.3 Å². The van der Waals surface area contributed by atoms with Gasteiger partial charge in [-0.3, -0.25) is 10.1 Å². The van der Waals surface area contributed by atoms with Crippen LogP contribution in [0, 0.1) is 10.1 Å². The predicted molar refractivity (Wildman–Crippen MR) is 83.8 cm³/mol. The van der Waals surface area contributed by atoms with Gasteiger partial charge >= 0.3 is 6.09 Å². The second kappa shape index (κ2) is 5.75. The summed E-state index contributed by atoms with van der Waals surface area (Å²) < 4.78 is 1.88. The maximum atomic E-state index is 10.9. The van der Waals surface area contributed by atoms with Crippen LogP contribution in [0.1, 0.15) is 12.8 Å². The Morgan fingerprint density at radius 1 is 1.52 bits per heavy atom. The number of fused-ring (bicyclic) bond motifs is 1. The number of aromatic nitrogens is 2. The molecule has 1 aliphatic heterocycles. The fourth-order valence-corrected chi connectivity index (χ4v) is 3.02. The van der Waals surface area contributed by atoms with Gasteiger partial charge in [0.05, 0.1) is 16.0 Å². The first-order valence-corrected chi connectivity index (χ1v) is 7.31. The summed E-state index contributed by atoms with van der Waals surface area (Å²) in [4.78, 5) is 27.8. The van der Waals surface area contributed by atoms with Gasteiger partial charge in [-0.25, -0.2) is 9.78 Å². The number of nitro groups is 1. The van der Waals surface area contributed by atoms with Crippen molar-refractivity contribution in [1.29, 1.82) is 0 Å². The first-order chi connectivity index (χ1) is 11.0. The average molecular weight is 319 g/mol. The number of imidazole rings is 1. The number of nitro benzene ring substituents is 1. The molecule has 1 amide bonds. The Hall–Kier alpha value is -2.84. The van der Waals surface area contributed by atoms with E-state index >= 15 is 0 Å². The van der Waals surface area contributed by atoms with Crippen LogP contribution in [0.2, 0.25) is 0 Å². The Morgan fingerprint density at radius 2 is 2.30 bits per heavy atom. The fourth-order valence-electron chi connectivity index (χ4n) is 3.02. The van der Waals surface area contributed by atoms with Gasteiger partial charge in [-0.05, 0) is 18.9 Å². The minimum Gasteiger partial charge on any atom is -0.465 e. The summed E-state index contributed by atoms with van der Waals surface area (Å²) in [6, 6.07) is 4.45. The molecule has 1 aromatic carbocycles. The highest BCUT2D eigenvalue weighted by atomic mass is 16.6. The van der Waals surface area contributed by atoms with Crippen LogP contribution in [0.15, 0.2) is 18.2 Å². The number of hydrogen-bond donors (Lipinski definition) is 2. The zero-order valence-corrected chi connectivity index (χ0v) is 12.6. The normalized spacial score (nSPS) is 18.1. The van der Waals surface area contributed by atoms with Gasteiger partial charge in [-0.2, -0.15) is 0 Å². The lowest BCUT2D eigenvalue weighted by molar-refractivity contribution is -0.384. The number of nitrogens with zero attached hydrogens (tertiary/aromatic N) is 4. The van der Waals surface area contributed by atoms with Gasteiger partial charge in [-0.1, -0.05) is 0 Å². The van der Waals surface area contributed by atoms with Crippen molar-refractivity contribution in [2.24, 2.45) is 7.05 Å². The highest BCUT2D eigenvalue weighted by Crippen LogP contribution is 2.26. The third-order valence-electron chi connectivity index (χ3n) is 4.08. The summed E-state index contributed by atoms with van der Waals surface area (Å²) in [5, 5.41) is 22.2. The number of benzene rings is 1. The van der Waals surface area contributed by atoms with Crippen molar-refractivity contribution < 1.29 is 14.8 Å². The van der Waals surface area contributed by atoms with Gasteiger partial charge < -0.3 is 19.9 Å². The van der Waals surface area contributed by atoms with E-state index in [4.69, 9.17) is 5.11 Å². The second-order valence-corrected chi connectivity index (χ2v) is 5.64. The van der Waals surface area contributed by atoms with E-state index in [1.54, 1.807) is 6.07 Å². The molecule has 2 aromatic rings. The van der Waals surface area contributed by atoms with E-state index in [0.717, 1.165) is 24.9 Å². The molecule has 3 rings (SSSR count). The van der Waals surface area contributed by atoms with Crippen molar-refractivity contribution in [3.63, 3.8) is 0 Å². The van der Waals surface area contributed by atoms with Crippen LogP contribution in [0.4, 0.5) is 16.4 Å². The minimum absolute atomic E-state index is 0.00575. The summed E-state index contributed by atoms with van der Waals surface area (Å²) in [5.41, 5.74) is 1.37. The smallest absolute Gasteiger partial charge is 0.404 e. The van der Waals surface area contributed by atoms with E-state index in [-0.39, 0.29) is 11.7 Å². The summed E-state index contributed by atoms with van der Waals surface area (Å²) in [7, 11) is 1.85. The molecule has 9 heteroatoms. The Kier molecular flexibility index (Phi) is 3.77. The number of carboxylic acid groups (broad SMARTS) is 1. The lowest BCUT2D eigenvalue weighted by Gasteiger charge is -2.33. The van der Waals surface area contributed by atoms with Crippen LogP contribution in [-0.4, -0.2) is 44.8 Å². The lowest BCUT2D eigenvalue weighted by Crippen LogP contribution is -2.48. The molecule has 122 valence electrons. The standard InChI is InChI=1S/C14H17N5O4/c1-17-12-5-4-10(19(22)23)7-11(12)16-13(17)18-6-2-3-9(8-18)15-14(20)21/h4-5,7,9,15H,2-3,6,8H2,1H3,(H,20,21)/t9-/m1/s1. The molecule has 1 aromatic heterocycles. The van der Waals surface area contributed by atoms with Crippen molar-refractivity contribution in [1.82, 2.24) is 14.9 Å². The topological polar surface area (TPSA) is 114 Å². The van der Waals surface area contributed by atoms with E-state index in [1.165, 1.54) is 12.1 Å². The molecule has 1 aliphatic rings. The number of carbonyl (C=O) groups is 1. The number of amides is 1. The number of aryl methyl sites for hydroxylation is 1. The maximum Gasteiger partial charge on any atom is 0.404 e. The van der Waals surface area contributed by atoms with Crippen LogP contribution in [0.5, 0.6) is 0 Å². The van der Waals surface area contributed by atoms with Crippen LogP contribution in [0.3, 0.4) is 0 Å². The van der Waals surface area contributed by atoms with Crippen molar-refractivity contribution in [3.8, 4) is 0 Å². The Bertz CT molecular complexity index is 772. The Balaban J connectivity index is 1.91. The van der Waals surface area contributed by atoms with Crippen molar-refractivity contribution in [3.05, 3.63) is 28.3 Å². The summed E-state index contributed by atoms with van der Waals surface area (Å²) in [6.07, 6.45) is 0.615. The van der Waals surface area contributed by atoms with Crippen LogP contribution in [-0.2, 0) is 7.05 Å². The summed E-state index contributed by atoms with van der Waals surface area (Å²) in [5.74, 6) is 0.692. The Labute approximate surface area is 131 Å². The van der Waals surface area contributed by atoms with Crippen molar-refractivity contribution in [2.45, 2.75) is 18.9 Å². The summed E-state index contributed by atoms with van der Waals surface area (Å²) in [6.45, 7) is 1.31. The molecule has 1 fully saturated rings. The van der Waals surface area contributed by atoms with E-state index in [2.05, 4.69) is 10.3 Å². The highest BCUT2D eigenvalue weighted by Gasteiger charge is 2.25. The second-order valence-electron chi connectivity index (χ2n) is 5.64. The van der Waals surface area contributed by atoms with Gasteiger partial charge in [0.1, 0.15) is 0 Å². The molecule has 1 saturated heterocycles.